The molecule has 0 atom stereocenters. The molecule has 0 aliphatic carbocycles. The van der Waals surface area contributed by atoms with Crippen molar-refractivity contribution in [2.75, 3.05) is 14.1 Å². The molecular formula is C25H24N6O. The number of aliphatic imine (C=N–C) groups is 1. The first-order chi connectivity index (χ1) is 15.5. The zero-order valence-corrected chi connectivity index (χ0v) is 18.2. The van der Waals surface area contributed by atoms with Gasteiger partial charge in [0.25, 0.3) is 0 Å². The number of H-pyrrole nitrogens is 1. The number of aromatic nitrogens is 4. The summed E-state index contributed by atoms with van der Waals surface area (Å²) in [5.74, 6) is 0.0911. The van der Waals surface area contributed by atoms with Crippen LogP contribution >= 0.6 is 0 Å². The van der Waals surface area contributed by atoms with Crippen LogP contribution < -0.4 is 0 Å². The van der Waals surface area contributed by atoms with E-state index >= 15 is 0 Å². The standard InChI is InChI=1S/C25H24N6O/c1-30(2)15-16-8-11-18(12-9-16)26-24(17-10-13-22-21(14-17)28-29-31(22)3)23-19-6-4-5-7-20(19)27-25(23)32/h4-14,27,32H,15H2,1-3H3. The summed E-state index contributed by atoms with van der Waals surface area (Å²) in [5, 5.41) is 20.1. The summed E-state index contributed by atoms with van der Waals surface area (Å²) in [6, 6.07) is 21.9. The third kappa shape index (κ3) is 3.63. The summed E-state index contributed by atoms with van der Waals surface area (Å²) in [6.45, 7) is 0.865. The first-order valence-corrected chi connectivity index (χ1v) is 10.4. The van der Waals surface area contributed by atoms with Crippen LogP contribution in [0.15, 0.2) is 71.7 Å². The first-order valence-electron chi connectivity index (χ1n) is 10.4. The Morgan fingerprint density at radius 3 is 2.62 bits per heavy atom. The molecule has 160 valence electrons. The van der Waals surface area contributed by atoms with E-state index in [9.17, 15) is 5.11 Å². The Labute approximate surface area is 185 Å². The number of rotatable bonds is 5. The highest BCUT2D eigenvalue weighted by atomic mass is 16.3. The molecule has 2 heterocycles. The lowest BCUT2D eigenvalue weighted by molar-refractivity contribution is 0.402. The maximum atomic E-state index is 10.8. The average molecular weight is 425 g/mol. The minimum absolute atomic E-state index is 0.0911. The molecule has 0 fully saturated rings. The number of aromatic amines is 1. The van der Waals surface area contributed by atoms with E-state index in [1.165, 1.54) is 5.56 Å². The summed E-state index contributed by atoms with van der Waals surface area (Å²) in [7, 11) is 5.96. The van der Waals surface area contributed by atoms with Crippen molar-refractivity contribution in [1.82, 2.24) is 24.9 Å². The van der Waals surface area contributed by atoms with Gasteiger partial charge in [0.2, 0.25) is 0 Å². The van der Waals surface area contributed by atoms with Gasteiger partial charge in [-0.25, -0.2) is 9.67 Å². The Bertz CT molecular complexity index is 1440. The number of aryl methyl sites for hydroxylation is 1. The molecule has 0 bridgehead atoms. The molecule has 0 unspecified atom stereocenters. The molecule has 2 aromatic heterocycles. The number of benzene rings is 3. The largest absolute Gasteiger partial charge is 0.494 e. The van der Waals surface area contributed by atoms with Gasteiger partial charge in [-0.2, -0.15) is 0 Å². The normalized spacial score (nSPS) is 12.3. The van der Waals surface area contributed by atoms with Crippen molar-refractivity contribution in [3.63, 3.8) is 0 Å². The fraction of sp³-hybridized carbons (Fsp3) is 0.160. The molecule has 0 spiro atoms. The van der Waals surface area contributed by atoms with Crippen LogP contribution in [-0.4, -0.2) is 49.8 Å². The molecule has 5 aromatic rings. The van der Waals surface area contributed by atoms with E-state index in [4.69, 9.17) is 4.99 Å². The number of nitrogens with one attached hydrogen (secondary N) is 1. The van der Waals surface area contributed by atoms with Gasteiger partial charge in [0, 0.05) is 30.1 Å². The van der Waals surface area contributed by atoms with Crippen molar-refractivity contribution >= 4 is 33.3 Å². The summed E-state index contributed by atoms with van der Waals surface area (Å²) < 4.78 is 1.74. The molecule has 32 heavy (non-hydrogen) atoms. The van der Waals surface area contributed by atoms with E-state index in [-0.39, 0.29) is 5.88 Å². The summed E-state index contributed by atoms with van der Waals surface area (Å²) in [6.07, 6.45) is 0. The number of fused-ring (bicyclic) bond motifs is 2. The second kappa shape index (κ2) is 7.94. The number of nitrogens with zero attached hydrogens (tertiary/aromatic N) is 5. The van der Waals surface area contributed by atoms with Gasteiger partial charge in [0.05, 0.1) is 22.5 Å². The Kier molecular flexibility index (Phi) is 4.95. The van der Waals surface area contributed by atoms with Crippen LogP contribution in [0.3, 0.4) is 0 Å². The molecule has 5 rings (SSSR count). The van der Waals surface area contributed by atoms with E-state index in [1.54, 1.807) is 4.68 Å². The van der Waals surface area contributed by atoms with Gasteiger partial charge in [-0.1, -0.05) is 41.6 Å². The number of hydrogen-bond donors (Lipinski definition) is 2. The van der Waals surface area contributed by atoms with Crippen molar-refractivity contribution in [2.24, 2.45) is 12.0 Å². The van der Waals surface area contributed by atoms with E-state index in [2.05, 4.69) is 32.3 Å². The predicted octanol–water partition coefficient (Wildman–Crippen LogP) is 4.39. The third-order valence-corrected chi connectivity index (χ3v) is 5.48. The van der Waals surface area contributed by atoms with Crippen molar-refractivity contribution in [3.8, 4) is 5.88 Å². The molecule has 0 aliphatic heterocycles. The average Bonchev–Trinajstić information content (AvgIpc) is 3.31. The highest BCUT2D eigenvalue weighted by Gasteiger charge is 2.19. The van der Waals surface area contributed by atoms with Gasteiger partial charge in [-0.05, 0) is 50.0 Å². The van der Waals surface area contributed by atoms with Crippen LogP contribution in [0.2, 0.25) is 0 Å². The summed E-state index contributed by atoms with van der Waals surface area (Å²) in [5.41, 5.74) is 6.79. The van der Waals surface area contributed by atoms with Crippen LogP contribution in [-0.2, 0) is 13.6 Å². The lowest BCUT2D eigenvalue weighted by atomic mass is 10.00. The predicted molar refractivity (Wildman–Crippen MR) is 128 cm³/mol. The minimum atomic E-state index is 0.0911. The van der Waals surface area contributed by atoms with Crippen LogP contribution in [0, 0.1) is 0 Å². The van der Waals surface area contributed by atoms with Gasteiger partial charge >= 0.3 is 0 Å². The lowest BCUT2D eigenvalue weighted by Gasteiger charge is -2.10. The topological polar surface area (TPSA) is 82.3 Å². The molecular weight excluding hydrogens is 400 g/mol. The fourth-order valence-corrected chi connectivity index (χ4v) is 3.99. The third-order valence-electron chi connectivity index (χ3n) is 5.48. The highest BCUT2D eigenvalue weighted by molar-refractivity contribution is 6.22. The van der Waals surface area contributed by atoms with E-state index in [0.29, 0.717) is 11.3 Å². The summed E-state index contributed by atoms with van der Waals surface area (Å²) in [4.78, 5) is 10.2. The van der Waals surface area contributed by atoms with Crippen LogP contribution in [0.4, 0.5) is 5.69 Å². The Morgan fingerprint density at radius 2 is 1.84 bits per heavy atom. The smallest absolute Gasteiger partial charge is 0.199 e. The maximum Gasteiger partial charge on any atom is 0.199 e. The monoisotopic (exact) mass is 424 g/mol. The van der Waals surface area contributed by atoms with Crippen molar-refractivity contribution in [3.05, 3.63) is 83.4 Å². The van der Waals surface area contributed by atoms with Crippen LogP contribution in [0.5, 0.6) is 5.88 Å². The SMILES string of the molecule is CN(C)Cc1ccc(N=C(c2ccc3c(c2)nnn3C)c2c(O)[nH]c3ccccc23)cc1. The van der Waals surface area contributed by atoms with Crippen molar-refractivity contribution in [2.45, 2.75) is 6.54 Å². The fourth-order valence-electron chi connectivity index (χ4n) is 3.99. The Morgan fingerprint density at radius 1 is 1.06 bits per heavy atom. The van der Waals surface area contributed by atoms with E-state index in [0.717, 1.165) is 39.7 Å². The molecule has 0 saturated carbocycles. The van der Waals surface area contributed by atoms with Crippen molar-refractivity contribution < 1.29 is 5.11 Å². The minimum Gasteiger partial charge on any atom is -0.494 e. The summed E-state index contributed by atoms with van der Waals surface area (Å²) >= 11 is 0. The lowest BCUT2D eigenvalue weighted by Crippen LogP contribution is -2.10. The molecule has 0 amide bonds. The number of para-hydroxylation sites is 1. The molecule has 7 heteroatoms. The Balaban J connectivity index is 1.69. The van der Waals surface area contributed by atoms with E-state index < -0.39 is 0 Å². The van der Waals surface area contributed by atoms with E-state index in [1.807, 2.05) is 75.7 Å². The maximum absolute atomic E-state index is 10.8. The molecule has 3 aromatic carbocycles. The zero-order chi connectivity index (χ0) is 22.2. The van der Waals surface area contributed by atoms with Crippen LogP contribution in [0.25, 0.3) is 21.9 Å². The number of aromatic hydroxyl groups is 1. The van der Waals surface area contributed by atoms with Gasteiger partial charge in [-0.15, -0.1) is 5.10 Å². The van der Waals surface area contributed by atoms with Gasteiger partial charge in [0.1, 0.15) is 5.52 Å². The van der Waals surface area contributed by atoms with Gasteiger partial charge in [-0.3, -0.25) is 0 Å². The van der Waals surface area contributed by atoms with Gasteiger partial charge in [0.15, 0.2) is 5.88 Å². The molecule has 0 aliphatic rings. The zero-order valence-electron chi connectivity index (χ0n) is 18.2. The molecule has 2 N–H and O–H groups in total. The quantitative estimate of drug-likeness (QED) is 0.410. The second-order valence-corrected chi connectivity index (χ2v) is 8.18. The highest BCUT2D eigenvalue weighted by Crippen LogP contribution is 2.32. The van der Waals surface area contributed by atoms with Crippen LogP contribution in [0.1, 0.15) is 16.7 Å². The van der Waals surface area contributed by atoms with Crippen molar-refractivity contribution in [1.29, 1.82) is 0 Å². The van der Waals surface area contributed by atoms with Gasteiger partial charge < -0.3 is 15.0 Å². The second-order valence-electron chi connectivity index (χ2n) is 8.18. The Hall–Kier alpha value is -3.97. The molecule has 0 saturated heterocycles. The molecule has 0 radical (unpaired) electrons. The first kappa shape index (κ1) is 20.0. The molecule has 7 nitrogen and oxygen atoms in total. The number of hydrogen-bond acceptors (Lipinski definition) is 5.